The summed E-state index contributed by atoms with van der Waals surface area (Å²) in [5, 5.41) is 0.769. The van der Waals surface area contributed by atoms with Gasteiger partial charge < -0.3 is 4.74 Å². The van der Waals surface area contributed by atoms with Crippen LogP contribution in [0.4, 0.5) is 0 Å². The topological polar surface area (TPSA) is 9.23 Å². The van der Waals surface area contributed by atoms with Crippen molar-refractivity contribution >= 4 is 27.5 Å². The summed E-state index contributed by atoms with van der Waals surface area (Å²) in [6.07, 6.45) is 2.29. The molecule has 16 heavy (non-hydrogen) atoms. The highest BCUT2D eigenvalue weighted by atomic mass is 79.9. The van der Waals surface area contributed by atoms with Gasteiger partial charge in [0.25, 0.3) is 0 Å². The fourth-order valence-corrected chi connectivity index (χ4v) is 2.62. The molecule has 0 amide bonds. The van der Waals surface area contributed by atoms with Crippen molar-refractivity contribution in [2.24, 2.45) is 5.92 Å². The maximum absolute atomic E-state index is 6.21. The Balaban J connectivity index is 2.71. The van der Waals surface area contributed by atoms with Crippen LogP contribution in [0.3, 0.4) is 0 Å². The van der Waals surface area contributed by atoms with E-state index in [1.54, 1.807) is 7.11 Å². The summed E-state index contributed by atoms with van der Waals surface area (Å²) in [5.74, 6) is 1.52. The maximum atomic E-state index is 6.21. The second kappa shape index (κ2) is 6.51. The molecular formula is C13H18BrClO. The Morgan fingerprint density at radius 3 is 2.50 bits per heavy atom. The van der Waals surface area contributed by atoms with Gasteiger partial charge in [-0.3, -0.25) is 0 Å². The number of alkyl halides is 1. The van der Waals surface area contributed by atoms with E-state index in [4.69, 9.17) is 16.3 Å². The zero-order valence-electron chi connectivity index (χ0n) is 9.97. The van der Waals surface area contributed by atoms with Crippen LogP contribution in [0, 0.1) is 5.92 Å². The van der Waals surface area contributed by atoms with Crippen LogP contribution in [0.1, 0.15) is 37.1 Å². The number of methoxy groups -OCH3 is 1. The van der Waals surface area contributed by atoms with E-state index in [1.165, 1.54) is 6.42 Å². The van der Waals surface area contributed by atoms with E-state index in [1.807, 2.05) is 18.2 Å². The lowest BCUT2D eigenvalue weighted by molar-refractivity contribution is 0.414. The molecule has 1 nitrogen and oxygen atoms in total. The molecule has 0 aliphatic rings. The van der Waals surface area contributed by atoms with Crippen LogP contribution in [0.15, 0.2) is 18.2 Å². The highest BCUT2D eigenvalue weighted by Crippen LogP contribution is 2.35. The summed E-state index contributed by atoms with van der Waals surface area (Å²) in [4.78, 5) is 0.327. The molecule has 0 saturated carbocycles. The largest absolute Gasteiger partial charge is 0.497 e. The van der Waals surface area contributed by atoms with E-state index in [2.05, 4.69) is 29.8 Å². The first kappa shape index (κ1) is 13.9. The first-order chi connectivity index (χ1) is 7.54. The van der Waals surface area contributed by atoms with Crippen molar-refractivity contribution in [1.29, 1.82) is 0 Å². The second-order valence-electron chi connectivity index (χ2n) is 4.33. The number of halogens is 2. The monoisotopic (exact) mass is 304 g/mol. The summed E-state index contributed by atoms with van der Waals surface area (Å²) < 4.78 is 5.13. The molecule has 90 valence electrons. The molecule has 0 radical (unpaired) electrons. The Morgan fingerprint density at radius 1 is 1.31 bits per heavy atom. The number of ether oxygens (including phenoxy) is 1. The van der Waals surface area contributed by atoms with Crippen LogP contribution in [-0.2, 0) is 0 Å². The van der Waals surface area contributed by atoms with Crippen LogP contribution < -0.4 is 4.74 Å². The van der Waals surface area contributed by atoms with Crippen LogP contribution in [-0.4, -0.2) is 7.11 Å². The zero-order valence-corrected chi connectivity index (χ0v) is 12.3. The summed E-state index contributed by atoms with van der Waals surface area (Å²) in [7, 11) is 1.65. The Hall–Kier alpha value is -0.210. The Bertz CT molecular complexity index is 339. The van der Waals surface area contributed by atoms with Crippen molar-refractivity contribution in [3.8, 4) is 5.75 Å². The van der Waals surface area contributed by atoms with E-state index in [9.17, 15) is 0 Å². The lowest BCUT2D eigenvalue weighted by atomic mass is 10.0. The number of rotatable bonds is 5. The molecule has 3 heteroatoms. The fourth-order valence-electron chi connectivity index (χ4n) is 1.52. The quantitative estimate of drug-likeness (QED) is 0.678. The maximum Gasteiger partial charge on any atom is 0.120 e. The lowest BCUT2D eigenvalue weighted by Crippen LogP contribution is -1.95. The third-order valence-corrected chi connectivity index (χ3v) is 3.82. The highest BCUT2D eigenvalue weighted by Gasteiger charge is 2.12. The van der Waals surface area contributed by atoms with Gasteiger partial charge in [0, 0.05) is 9.85 Å². The van der Waals surface area contributed by atoms with Crippen molar-refractivity contribution in [2.45, 2.75) is 31.5 Å². The van der Waals surface area contributed by atoms with Gasteiger partial charge in [0.2, 0.25) is 0 Å². The van der Waals surface area contributed by atoms with Gasteiger partial charge in [-0.1, -0.05) is 47.4 Å². The van der Waals surface area contributed by atoms with E-state index >= 15 is 0 Å². The molecule has 0 heterocycles. The number of benzene rings is 1. The molecule has 0 fully saturated rings. The summed E-state index contributed by atoms with van der Waals surface area (Å²) in [6, 6.07) is 5.84. The minimum atomic E-state index is 0.327. The predicted octanol–water partition coefficient (Wildman–Crippen LogP) is 5.22. The molecule has 0 saturated heterocycles. The van der Waals surface area contributed by atoms with E-state index in [0.29, 0.717) is 4.83 Å². The number of hydrogen-bond donors (Lipinski definition) is 0. The van der Waals surface area contributed by atoms with E-state index in [-0.39, 0.29) is 0 Å². The normalized spacial score (nSPS) is 12.9. The van der Waals surface area contributed by atoms with Crippen LogP contribution in [0.25, 0.3) is 0 Å². The van der Waals surface area contributed by atoms with Gasteiger partial charge in [-0.15, -0.1) is 0 Å². The number of hydrogen-bond acceptors (Lipinski definition) is 1. The van der Waals surface area contributed by atoms with Crippen LogP contribution in [0.2, 0.25) is 5.02 Å². The Morgan fingerprint density at radius 2 is 2.00 bits per heavy atom. The first-order valence-corrected chi connectivity index (χ1v) is 6.81. The standard InChI is InChI=1S/C13H18BrClO/c1-9(2)4-7-12(14)11-6-5-10(16-3)8-13(11)15/h5-6,8-9,12H,4,7H2,1-3H3. The predicted molar refractivity (Wildman–Crippen MR) is 73.7 cm³/mol. The molecule has 0 bridgehead atoms. The van der Waals surface area contributed by atoms with Gasteiger partial charge in [-0.25, -0.2) is 0 Å². The van der Waals surface area contributed by atoms with E-state index < -0.39 is 0 Å². The highest BCUT2D eigenvalue weighted by molar-refractivity contribution is 9.09. The van der Waals surface area contributed by atoms with Crippen molar-refractivity contribution < 1.29 is 4.74 Å². The average Bonchev–Trinajstić information content (AvgIpc) is 2.25. The molecule has 0 spiro atoms. The summed E-state index contributed by atoms with van der Waals surface area (Å²) in [6.45, 7) is 4.46. The third-order valence-electron chi connectivity index (χ3n) is 2.54. The summed E-state index contributed by atoms with van der Waals surface area (Å²) >= 11 is 9.89. The van der Waals surface area contributed by atoms with Gasteiger partial charge >= 0.3 is 0 Å². The molecule has 0 aromatic heterocycles. The molecule has 1 unspecified atom stereocenters. The van der Waals surface area contributed by atoms with Crippen molar-refractivity contribution in [3.63, 3.8) is 0 Å². The Labute approximate surface area is 111 Å². The molecule has 1 atom stereocenters. The molecule has 1 aromatic rings. The smallest absolute Gasteiger partial charge is 0.120 e. The average molecular weight is 306 g/mol. The Kier molecular flexibility index (Phi) is 5.63. The molecule has 0 aliphatic heterocycles. The molecule has 0 aliphatic carbocycles. The third kappa shape index (κ3) is 3.99. The SMILES string of the molecule is COc1ccc(C(Br)CCC(C)C)c(Cl)c1. The van der Waals surface area contributed by atoms with Gasteiger partial charge in [0.15, 0.2) is 0 Å². The van der Waals surface area contributed by atoms with Crippen molar-refractivity contribution in [3.05, 3.63) is 28.8 Å². The van der Waals surface area contributed by atoms with E-state index in [0.717, 1.165) is 28.7 Å². The molecular weight excluding hydrogens is 287 g/mol. The van der Waals surface area contributed by atoms with Gasteiger partial charge in [-0.05, 0) is 36.5 Å². The van der Waals surface area contributed by atoms with Crippen molar-refractivity contribution in [1.82, 2.24) is 0 Å². The minimum Gasteiger partial charge on any atom is -0.497 e. The van der Waals surface area contributed by atoms with Gasteiger partial charge in [0.1, 0.15) is 5.75 Å². The minimum absolute atomic E-state index is 0.327. The van der Waals surface area contributed by atoms with Gasteiger partial charge in [0.05, 0.1) is 7.11 Å². The molecule has 1 rings (SSSR count). The fraction of sp³-hybridized carbons (Fsp3) is 0.538. The molecule has 0 N–H and O–H groups in total. The summed E-state index contributed by atoms with van der Waals surface area (Å²) in [5.41, 5.74) is 1.14. The first-order valence-electron chi connectivity index (χ1n) is 5.52. The van der Waals surface area contributed by atoms with Crippen molar-refractivity contribution in [2.75, 3.05) is 7.11 Å². The molecule has 1 aromatic carbocycles. The van der Waals surface area contributed by atoms with Gasteiger partial charge in [-0.2, -0.15) is 0 Å². The second-order valence-corrected chi connectivity index (χ2v) is 5.84. The zero-order chi connectivity index (χ0) is 12.1. The lowest BCUT2D eigenvalue weighted by Gasteiger charge is -2.14. The van der Waals surface area contributed by atoms with Crippen LogP contribution in [0.5, 0.6) is 5.75 Å². The van der Waals surface area contributed by atoms with Crippen LogP contribution >= 0.6 is 27.5 Å².